The first-order valence-electron chi connectivity index (χ1n) is 6.12. The molecular weight excluding hydrogens is 174 g/mol. The van der Waals surface area contributed by atoms with Gasteiger partial charge in [0, 0.05) is 12.6 Å². The van der Waals surface area contributed by atoms with E-state index in [1.54, 1.807) is 0 Å². The van der Waals surface area contributed by atoms with Gasteiger partial charge in [-0.1, -0.05) is 32.6 Å². The fourth-order valence-electron chi connectivity index (χ4n) is 2.31. The first-order chi connectivity index (χ1) is 6.74. The highest BCUT2D eigenvalue weighted by Crippen LogP contribution is 2.21. The van der Waals surface area contributed by atoms with Crippen LogP contribution in [0.15, 0.2) is 0 Å². The summed E-state index contributed by atoms with van der Waals surface area (Å²) in [5.74, 6) is 0. The number of likely N-dealkylation sites (N-methyl/N-ethyl adjacent to an activating group) is 1. The van der Waals surface area contributed by atoms with Crippen molar-refractivity contribution < 1.29 is 5.11 Å². The lowest BCUT2D eigenvalue weighted by molar-refractivity contribution is 0.0961. The monoisotopic (exact) mass is 199 g/mol. The Morgan fingerprint density at radius 1 is 1.21 bits per heavy atom. The van der Waals surface area contributed by atoms with Crippen LogP contribution in [0, 0.1) is 0 Å². The maximum atomic E-state index is 9.59. The molecule has 0 amide bonds. The topological polar surface area (TPSA) is 23.5 Å². The maximum absolute atomic E-state index is 9.59. The van der Waals surface area contributed by atoms with Gasteiger partial charge in [-0.3, -0.25) is 0 Å². The number of rotatable bonds is 4. The van der Waals surface area contributed by atoms with Gasteiger partial charge in [-0.05, 0) is 26.3 Å². The predicted molar refractivity (Wildman–Crippen MR) is 60.4 cm³/mol. The normalized spacial score (nSPS) is 22.3. The van der Waals surface area contributed by atoms with E-state index in [4.69, 9.17) is 0 Å². The number of hydrogen-bond donors (Lipinski definition) is 1. The third-order valence-electron chi connectivity index (χ3n) is 3.42. The number of aliphatic hydroxyl groups is 1. The van der Waals surface area contributed by atoms with Crippen LogP contribution in [0.25, 0.3) is 0 Å². The third kappa shape index (κ3) is 3.97. The van der Waals surface area contributed by atoms with Gasteiger partial charge in [-0.2, -0.15) is 0 Å². The van der Waals surface area contributed by atoms with Crippen molar-refractivity contribution in [3.63, 3.8) is 0 Å². The Labute approximate surface area is 88.3 Å². The largest absolute Gasteiger partial charge is 0.392 e. The molecule has 1 N–H and O–H groups in total. The van der Waals surface area contributed by atoms with Crippen molar-refractivity contribution in [2.24, 2.45) is 0 Å². The molecule has 1 saturated carbocycles. The SMILES string of the molecule is CCC(O)CN(C)C1CCCCCC1. The fourth-order valence-corrected chi connectivity index (χ4v) is 2.31. The molecule has 0 spiro atoms. The number of nitrogens with zero attached hydrogens (tertiary/aromatic N) is 1. The van der Waals surface area contributed by atoms with E-state index in [0.29, 0.717) is 0 Å². The van der Waals surface area contributed by atoms with Crippen LogP contribution >= 0.6 is 0 Å². The molecule has 2 heteroatoms. The Hall–Kier alpha value is -0.0800. The summed E-state index contributed by atoms with van der Waals surface area (Å²) < 4.78 is 0. The Balaban J connectivity index is 2.30. The van der Waals surface area contributed by atoms with Crippen LogP contribution in [0.3, 0.4) is 0 Å². The molecule has 1 aliphatic carbocycles. The molecule has 1 rings (SSSR count). The Morgan fingerprint density at radius 2 is 1.79 bits per heavy atom. The van der Waals surface area contributed by atoms with Crippen molar-refractivity contribution in [3.8, 4) is 0 Å². The summed E-state index contributed by atoms with van der Waals surface area (Å²) in [5.41, 5.74) is 0. The van der Waals surface area contributed by atoms with Crippen molar-refractivity contribution in [3.05, 3.63) is 0 Å². The Morgan fingerprint density at radius 3 is 2.29 bits per heavy atom. The number of aliphatic hydroxyl groups excluding tert-OH is 1. The van der Waals surface area contributed by atoms with Crippen LogP contribution < -0.4 is 0 Å². The molecule has 1 fully saturated rings. The molecular formula is C12H25NO. The van der Waals surface area contributed by atoms with Crippen LogP contribution in [-0.4, -0.2) is 35.7 Å². The Bertz CT molecular complexity index is 141. The summed E-state index contributed by atoms with van der Waals surface area (Å²) >= 11 is 0. The molecule has 2 nitrogen and oxygen atoms in total. The molecule has 0 aromatic rings. The average Bonchev–Trinajstić information content (AvgIpc) is 2.45. The summed E-state index contributed by atoms with van der Waals surface area (Å²) in [4.78, 5) is 2.36. The van der Waals surface area contributed by atoms with Crippen molar-refractivity contribution in [2.75, 3.05) is 13.6 Å². The van der Waals surface area contributed by atoms with Crippen LogP contribution in [0.2, 0.25) is 0 Å². The van der Waals surface area contributed by atoms with Gasteiger partial charge in [0.1, 0.15) is 0 Å². The van der Waals surface area contributed by atoms with Crippen LogP contribution in [0.5, 0.6) is 0 Å². The van der Waals surface area contributed by atoms with E-state index in [1.807, 2.05) is 6.92 Å². The second-order valence-electron chi connectivity index (χ2n) is 4.65. The molecule has 14 heavy (non-hydrogen) atoms. The standard InChI is InChI=1S/C12H25NO/c1-3-12(14)10-13(2)11-8-6-4-5-7-9-11/h11-12,14H,3-10H2,1-2H3. The van der Waals surface area contributed by atoms with Crippen LogP contribution in [0.4, 0.5) is 0 Å². The lowest BCUT2D eigenvalue weighted by atomic mass is 10.1. The van der Waals surface area contributed by atoms with E-state index in [1.165, 1.54) is 38.5 Å². The summed E-state index contributed by atoms with van der Waals surface area (Å²) in [5, 5.41) is 9.59. The van der Waals surface area contributed by atoms with E-state index >= 15 is 0 Å². The molecule has 84 valence electrons. The highest BCUT2D eigenvalue weighted by atomic mass is 16.3. The molecule has 0 aromatic carbocycles. The van der Waals surface area contributed by atoms with Gasteiger partial charge in [0.2, 0.25) is 0 Å². The van der Waals surface area contributed by atoms with Gasteiger partial charge in [-0.25, -0.2) is 0 Å². The van der Waals surface area contributed by atoms with Crippen molar-refractivity contribution >= 4 is 0 Å². The molecule has 0 saturated heterocycles. The van der Waals surface area contributed by atoms with Crippen molar-refractivity contribution in [1.29, 1.82) is 0 Å². The molecule has 0 aliphatic heterocycles. The zero-order valence-corrected chi connectivity index (χ0v) is 9.71. The minimum Gasteiger partial charge on any atom is -0.392 e. The molecule has 0 radical (unpaired) electrons. The number of hydrogen-bond acceptors (Lipinski definition) is 2. The first kappa shape index (κ1) is 12.0. The van der Waals surface area contributed by atoms with Gasteiger partial charge in [0.05, 0.1) is 6.10 Å². The molecule has 1 aliphatic rings. The first-order valence-corrected chi connectivity index (χ1v) is 6.12. The summed E-state index contributed by atoms with van der Waals surface area (Å²) in [6.07, 6.45) is 8.94. The van der Waals surface area contributed by atoms with Gasteiger partial charge in [0.25, 0.3) is 0 Å². The lowest BCUT2D eigenvalue weighted by Crippen LogP contribution is -2.37. The smallest absolute Gasteiger partial charge is 0.0664 e. The molecule has 1 atom stereocenters. The van der Waals surface area contributed by atoms with Gasteiger partial charge < -0.3 is 10.0 Å². The van der Waals surface area contributed by atoms with Crippen molar-refractivity contribution in [2.45, 2.75) is 64.0 Å². The summed E-state index contributed by atoms with van der Waals surface area (Å²) in [7, 11) is 2.16. The molecule has 0 bridgehead atoms. The van der Waals surface area contributed by atoms with Crippen LogP contribution in [-0.2, 0) is 0 Å². The van der Waals surface area contributed by atoms with E-state index in [0.717, 1.165) is 19.0 Å². The van der Waals surface area contributed by atoms with Gasteiger partial charge in [0.15, 0.2) is 0 Å². The summed E-state index contributed by atoms with van der Waals surface area (Å²) in [6.45, 7) is 2.90. The fraction of sp³-hybridized carbons (Fsp3) is 1.00. The third-order valence-corrected chi connectivity index (χ3v) is 3.42. The quantitative estimate of drug-likeness (QED) is 0.703. The van der Waals surface area contributed by atoms with E-state index in [-0.39, 0.29) is 6.10 Å². The zero-order valence-electron chi connectivity index (χ0n) is 9.71. The second kappa shape index (κ2) is 6.41. The lowest BCUT2D eigenvalue weighted by Gasteiger charge is -2.28. The van der Waals surface area contributed by atoms with Crippen LogP contribution in [0.1, 0.15) is 51.9 Å². The predicted octanol–water partition coefficient (Wildman–Crippen LogP) is 2.41. The van der Waals surface area contributed by atoms with Crippen molar-refractivity contribution in [1.82, 2.24) is 4.90 Å². The summed E-state index contributed by atoms with van der Waals surface area (Å²) in [6, 6.07) is 0.721. The van der Waals surface area contributed by atoms with Gasteiger partial charge >= 0.3 is 0 Å². The maximum Gasteiger partial charge on any atom is 0.0664 e. The highest BCUT2D eigenvalue weighted by Gasteiger charge is 2.18. The second-order valence-corrected chi connectivity index (χ2v) is 4.65. The molecule has 0 aromatic heterocycles. The zero-order chi connectivity index (χ0) is 10.4. The van der Waals surface area contributed by atoms with E-state index in [2.05, 4.69) is 11.9 Å². The molecule has 1 unspecified atom stereocenters. The van der Waals surface area contributed by atoms with E-state index in [9.17, 15) is 5.11 Å². The highest BCUT2D eigenvalue weighted by molar-refractivity contribution is 4.73. The Kier molecular flexibility index (Phi) is 5.49. The van der Waals surface area contributed by atoms with E-state index < -0.39 is 0 Å². The minimum atomic E-state index is -0.136. The van der Waals surface area contributed by atoms with Gasteiger partial charge in [-0.15, -0.1) is 0 Å². The average molecular weight is 199 g/mol. The minimum absolute atomic E-state index is 0.136. The molecule has 0 heterocycles.